The van der Waals surface area contributed by atoms with Crippen molar-refractivity contribution in [1.82, 2.24) is 10.2 Å². The molecule has 84 valence electrons. The first-order valence-electron chi connectivity index (χ1n) is 5.67. The van der Waals surface area contributed by atoms with Gasteiger partial charge in [-0.1, -0.05) is 13.8 Å². The van der Waals surface area contributed by atoms with Crippen LogP contribution < -0.4 is 11.1 Å². The van der Waals surface area contributed by atoms with Crippen LogP contribution in [0, 0.1) is 5.92 Å². The maximum absolute atomic E-state index is 6.26. The Morgan fingerprint density at radius 2 is 1.71 bits per heavy atom. The van der Waals surface area contributed by atoms with E-state index >= 15 is 0 Å². The number of piperazine rings is 1. The zero-order valence-electron chi connectivity index (χ0n) is 10.0. The molecule has 1 unspecified atom stereocenters. The Morgan fingerprint density at radius 3 is 2.14 bits per heavy atom. The largest absolute Gasteiger partial charge is 0.326 e. The molecule has 0 saturated carbocycles. The third-order valence-electron chi connectivity index (χ3n) is 3.47. The first-order valence-corrected chi connectivity index (χ1v) is 5.67. The van der Waals surface area contributed by atoms with Gasteiger partial charge in [-0.3, -0.25) is 4.90 Å². The van der Waals surface area contributed by atoms with E-state index in [1.807, 2.05) is 0 Å². The fraction of sp³-hybridized carbons (Fsp3) is 1.00. The second-order valence-corrected chi connectivity index (χ2v) is 5.16. The van der Waals surface area contributed by atoms with Gasteiger partial charge >= 0.3 is 0 Å². The van der Waals surface area contributed by atoms with Gasteiger partial charge in [-0.05, 0) is 19.8 Å². The van der Waals surface area contributed by atoms with E-state index in [0.29, 0.717) is 5.92 Å². The molecule has 0 aromatic rings. The minimum Gasteiger partial charge on any atom is -0.326 e. The highest BCUT2D eigenvalue weighted by Gasteiger charge is 2.35. The van der Waals surface area contributed by atoms with Crippen LogP contribution in [0.25, 0.3) is 0 Å². The smallest absolute Gasteiger partial charge is 0.0307 e. The van der Waals surface area contributed by atoms with Crippen molar-refractivity contribution in [3.63, 3.8) is 0 Å². The molecule has 3 nitrogen and oxygen atoms in total. The summed E-state index contributed by atoms with van der Waals surface area (Å²) < 4.78 is 0. The molecule has 1 heterocycles. The maximum Gasteiger partial charge on any atom is 0.0307 e. The number of nitrogens with two attached hydrogens (primary N) is 1. The van der Waals surface area contributed by atoms with Gasteiger partial charge in [0.25, 0.3) is 0 Å². The number of hydrogen-bond donors (Lipinski definition) is 2. The monoisotopic (exact) mass is 199 g/mol. The van der Waals surface area contributed by atoms with Gasteiger partial charge in [0.05, 0.1) is 0 Å². The number of hydrogen-bond acceptors (Lipinski definition) is 3. The maximum atomic E-state index is 6.26. The Kier molecular flexibility index (Phi) is 3.93. The lowest BCUT2D eigenvalue weighted by Gasteiger charge is -2.46. The molecule has 0 bridgehead atoms. The highest BCUT2D eigenvalue weighted by atomic mass is 15.2. The van der Waals surface area contributed by atoms with Gasteiger partial charge < -0.3 is 11.1 Å². The van der Waals surface area contributed by atoms with Gasteiger partial charge in [0.2, 0.25) is 0 Å². The van der Waals surface area contributed by atoms with Gasteiger partial charge in [-0.25, -0.2) is 0 Å². The average Bonchev–Trinajstić information content (AvgIpc) is 2.18. The molecule has 0 spiro atoms. The molecule has 1 saturated heterocycles. The molecule has 1 aliphatic rings. The first-order chi connectivity index (χ1) is 6.46. The molecule has 1 rings (SSSR count). The number of nitrogens with one attached hydrogen (secondary N) is 1. The van der Waals surface area contributed by atoms with Crippen LogP contribution >= 0.6 is 0 Å². The zero-order chi connectivity index (χ0) is 10.8. The summed E-state index contributed by atoms with van der Waals surface area (Å²) >= 11 is 0. The Bertz CT molecular complexity index is 171. The molecule has 0 radical (unpaired) electrons. The van der Waals surface area contributed by atoms with Crippen molar-refractivity contribution in [1.29, 1.82) is 0 Å². The van der Waals surface area contributed by atoms with E-state index in [0.717, 1.165) is 26.2 Å². The summed E-state index contributed by atoms with van der Waals surface area (Å²) in [5, 5.41) is 3.37. The lowest BCUT2D eigenvalue weighted by molar-refractivity contribution is 0.0660. The molecule has 14 heavy (non-hydrogen) atoms. The number of rotatable bonds is 3. The Hall–Kier alpha value is -0.120. The summed E-state index contributed by atoms with van der Waals surface area (Å²) in [6, 6.07) is 0.251. The van der Waals surface area contributed by atoms with Crippen LogP contribution in [0.15, 0.2) is 0 Å². The SMILES string of the molecule is CC(C)C(N)C(C)(C)N1CCNCC1. The van der Waals surface area contributed by atoms with Crippen LogP contribution in [0.4, 0.5) is 0 Å². The summed E-state index contributed by atoms with van der Waals surface area (Å²) in [6.45, 7) is 13.4. The molecular formula is C11H25N3. The van der Waals surface area contributed by atoms with Gasteiger partial charge in [0.1, 0.15) is 0 Å². The standard InChI is InChI=1S/C11H25N3/c1-9(2)10(12)11(3,4)14-7-5-13-6-8-14/h9-10,13H,5-8,12H2,1-4H3. The average molecular weight is 199 g/mol. The van der Waals surface area contributed by atoms with Crippen molar-refractivity contribution in [3.05, 3.63) is 0 Å². The van der Waals surface area contributed by atoms with Gasteiger partial charge in [0.15, 0.2) is 0 Å². The Morgan fingerprint density at radius 1 is 1.21 bits per heavy atom. The molecule has 1 aliphatic heterocycles. The quantitative estimate of drug-likeness (QED) is 0.701. The summed E-state index contributed by atoms with van der Waals surface area (Å²) in [5.41, 5.74) is 6.38. The van der Waals surface area contributed by atoms with Crippen molar-refractivity contribution < 1.29 is 0 Å². The topological polar surface area (TPSA) is 41.3 Å². The van der Waals surface area contributed by atoms with Gasteiger partial charge in [0, 0.05) is 37.8 Å². The fourth-order valence-corrected chi connectivity index (χ4v) is 2.27. The lowest BCUT2D eigenvalue weighted by Crippen LogP contribution is -2.62. The lowest BCUT2D eigenvalue weighted by atomic mass is 9.85. The molecular weight excluding hydrogens is 174 g/mol. The van der Waals surface area contributed by atoms with E-state index < -0.39 is 0 Å². The fourth-order valence-electron chi connectivity index (χ4n) is 2.27. The Balaban J connectivity index is 2.61. The highest BCUT2D eigenvalue weighted by Crippen LogP contribution is 2.22. The third kappa shape index (κ3) is 2.47. The predicted octanol–water partition coefficient (Wildman–Crippen LogP) is 0.654. The van der Waals surface area contributed by atoms with Crippen molar-refractivity contribution in [2.75, 3.05) is 26.2 Å². The van der Waals surface area contributed by atoms with E-state index in [1.165, 1.54) is 0 Å². The van der Waals surface area contributed by atoms with Crippen molar-refractivity contribution in [2.24, 2.45) is 11.7 Å². The second-order valence-electron chi connectivity index (χ2n) is 5.16. The zero-order valence-corrected chi connectivity index (χ0v) is 10.0. The molecule has 0 aromatic heterocycles. The van der Waals surface area contributed by atoms with Crippen LogP contribution in [0.2, 0.25) is 0 Å². The van der Waals surface area contributed by atoms with E-state index in [2.05, 4.69) is 37.9 Å². The van der Waals surface area contributed by atoms with Crippen LogP contribution in [-0.2, 0) is 0 Å². The van der Waals surface area contributed by atoms with E-state index in [4.69, 9.17) is 5.73 Å². The van der Waals surface area contributed by atoms with Crippen LogP contribution in [0.1, 0.15) is 27.7 Å². The predicted molar refractivity (Wildman–Crippen MR) is 61.3 cm³/mol. The molecule has 0 amide bonds. The van der Waals surface area contributed by atoms with Crippen molar-refractivity contribution >= 4 is 0 Å². The molecule has 3 N–H and O–H groups in total. The van der Waals surface area contributed by atoms with Crippen molar-refractivity contribution in [2.45, 2.75) is 39.3 Å². The molecule has 1 fully saturated rings. The van der Waals surface area contributed by atoms with Crippen molar-refractivity contribution in [3.8, 4) is 0 Å². The van der Waals surface area contributed by atoms with E-state index in [-0.39, 0.29) is 11.6 Å². The van der Waals surface area contributed by atoms with Gasteiger partial charge in [-0.15, -0.1) is 0 Å². The normalized spacial score (nSPS) is 22.7. The highest BCUT2D eigenvalue weighted by molar-refractivity contribution is 4.94. The summed E-state index contributed by atoms with van der Waals surface area (Å²) in [4.78, 5) is 2.51. The summed E-state index contributed by atoms with van der Waals surface area (Å²) in [6.07, 6.45) is 0. The summed E-state index contributed by atoms with van der Waals surface area (Å²) in [7, 11) is 0. The molecule has 0 aromatic carbocycles. The van der Waals surface area contributed by atoms with Crippen LogP contribution in [0.5, 0.6) is 0 Å². The van der Waals surface area contributed by atoms with Crippen LogP contribution in [0.3, 0.4) is 0 Å². The molecule has 0 aliphatic carbocycles. The summed E-state index contributed by atoms with van der Waals surface area (Å²) in [5.74, 6) is 0.542. The Labute approximate surface area is 88.0 Å². The minimum atomic E-state index is 0.121. The number of nitrogens with zero attached hydrogens (tertiary/aromatic N) is 1. The second kappa shape index (κ2) is 4.60. The molecule has 1 atom stereocenters. The minimum absolute atomic E-state index is 0.121. The molecule has 3 heteroatoms. The van der Waals surface area contributed by atoms with Gasteiger partial charge in [-0.2, -0.15) is 0 Å². The van der Waals surface area contributed by atoms with Crippen LogP contribution in [-0.4, -0.2) is 42.7 Å². The first kappa shape index (κ1) is 12.0. The third-order valence-corrected chi connectivity index (χ3v) is 3.47. The van der Waals surface area contributed by atoms with E-state index in [9.17, 15) is 0 Å². The van der Waals surface area contributed by atoms with E-state index in [1.54, 1.807) is 0 Å².